The predicted octanol–water partition coefficient (Wildman–Crippen LogP) is 3.42. The molecule has 1 aliphatic heterocycles. The van der Waals surface area contributed by atoms with Gasteiger partial charge in [-0.1, -0.05) is 29.8 Å². The molecule has 0 aliphatic carbocycles. The lowest BCUT2D eigenvalue weighted by molar-refractivity contribution is 0.695. The Morgan fingerprint density at radius 1 is 1.05 bits per heavy atom. The summed E-state index contributed by atoms with van der Waals surface area (Å²) in [6.45, 7) is 5.49. The molecule has 3 aromatic rings. The Kier molecular flexibility index (Phi) is 3.10. The molecule has 4 heteroatoms. The van der Waals surface area contributed by atoms with Gasteiger partial charge in [0.1, 0.15) is 5.82 Å². The molecule has 0 radical (unpaired) electrons. The molecule has 1 aliphatic rings. The molecule has 2 aromatic heterocycles. The van der Waals surface area contributed by atoms with Crippen molar-refractivity contribution in [2.24, 2.45) is 0 Å². The van der Waals surface area contributed by atoms with Crippen molar-refractivity contribution < 1.29 is 0 Å². The molecule has 112 valence electrons. The van der Waals surface area contributed by atoms with Gasteiger partial charge in [0, 0.05) is 37.1 Å². The van der Waals surface area contributed by atoms with E-state index in [-0.39, 0.29) is 0 Å². The molecule has 0 amide bonds. The van der Waals surface area contributed by atoms with Crippen LogP contribution in [-0.2, 0) is 0 Å². The highest BCUT2D eigenvalue weighted by molar-refractivity contribution is 5.49. The molecule has 22 heavy (non-hydrogen) atoms. The van der Waals surface area contributed by atoms with Crippen LogP contribution in [0.2, 0.25) is 0 Å². The first kappa shape index (κ1) is 13.3. The van der Waals surface area contributed by atoms with Crippen LogP contribution in [-0.4, -0.2) is 27.0 Å². The van der Waals surface area contributed by atoms with Gasteiger partial charge in [0.2, 0.25) is 5.78 Å². The van der Waals surface area contributed by atoms with Crippen LogP contribution in [0.15, 0.2) is 48.9 Å². The molecular formula is C18H20N4. The van der Waals surface area contributed by atoms with E-state index in [9.17, 15) is 0 Å². The van der Waals surface area contributed by atoms with Crippen molar-refractivity contribution in [1.29, 1.82) is 0 Å². The minimum atomic E-state index is 0.513. The fourth-order valence-corrected chi connectivity index (χ4v) is 3.49. The standard InChI is InChI=1S/C18H20N4/c1-13-3-5-15(6-4-13)16-11-14(2)22(12-16)17-7-8-19-18-20-9-10-21(17)18/h3-10,14,16H,11-12H2,1-2H3. The van der Waals surface area contributed by atoms with Crippen molar-refractivity contribution in [3.05, 3.63) is 60.0 Å². The zero-order chi connectivity index (χ0) is 15.1. The molecule has 0 N–H and O–H groups in total. The Morgan fingerprint density at radius 2 is 1.82 bits per heavy atom. The van der Waals surface area contributed by atoms with Crippen LogP contribution in [0.25, 0.3) is 5.78 Å². The second-order valence-corrected chi connectivity index (χ2v) is 6.24. The third kappa shape index (κ3) is 2.15. The summed E-state index contributed by atoms with van der Waals surface area (Å²) in [7, 11) is 0. The van der Waals surface area contributed by atoms with Crippen LogP contribution in [0.4, 0.5) is 5.82 Å². The molecule has 2 unspecified atom stereocenters. The number of fused-ring (bicyclic) bond motifs is 1. The smallest absolute Gasteiger partial charge is 0.235 e. The average molecular weight is 292 g/mol. The normalized spacial score (nSPS) is 21.6. The highest BCUT2D eigenvalue weighted by Crippen LogP contribution is 2.34. The van der Waals surface area contributed by atoms with Crippen LogP contribution in [0.1, 0.15) is 30.4 Å². The Morgan fingerprint density at radius 3 is 2.64 bits per heavy atom. The molecule has 3 heterocycles. The molecule has 0 spiro atoms. The molecule has 4 rings (SSSR count). The minimum Gasteiger partial charge on any atom is -0.354 e. The topological polar surface area (TPSA) is 33.4 Å². The van der Waals surface area contributed by atoms with Crippen LogP contribution in [0.5, 0.6) is 0 Å². The third-order valence-electron chi connectivity index (χ3n) is 4.70. The van der Waals surface area contributed by atoms with Gasteiger partial charge in [-0.3, -0.25) is 4.40 Å². The number of benzene rings is 1. The summed E-state index contributed by atoms with van der Waals surface area (Å²) in [5.41, 5.74) is 2.76. The monoisotopic (exact) mass is 292 g/mol. The number of nitrogens with zero attached hydrogens (tertiary/aromatic N) is 4. The molecule has 2 atom stereocenters. The summed E-state index contributed by atoms with van der Waals surface area (Å²) in [6, 6.07) is 11.6. The van der Waals surface area contributed by atoms with Crippen LogP contribution in [0.3, 0.4) is 0 Å². The zero-order valence-electron chi connectivity index (χ0n) is 13.0. The SMILES string of the molecule is Cc1ccc(C2CC(C)N(c3ccnc4nccn34)C2)cc1. The Balaban J connectivity index is 1.66. The maximum atomic E-state index is 4.31. The highest BCUT2D eigenvalue weighted by Gasteiger charge is 2.31. The van der Waals surface area contributed by atoms with E-state index in [0.717, 1.165) is 12.3 Å². The van der Waals surface area contributed by atoms with Crippen molar-refractivity contribution in [2.75, 3.05) is 11.4 Å². The van der Waals surface area contributed by atoms with Crippen LogP contribution >= 0.6 is 0 Å². The lowest BCUT2D eigenvalue weighted by Gasteiger charge is -2.24. The van der Waals surface area contributed by atoms with E-state index in [2.05, 4.69) is 63.4 Å². The molecule has 0 bridgehead atoms. The van der Waals surface area contributed by atoms with Gasteiger partial charge < -0.3 is 4.90 Å². The van der Waals surface area contributed by atoms with Gasteiger partial charge in [-0.15, -0.1) is 0 Å². The summed E-state index contributed by atoms with van der Waals surface area (Å²) in [5.74, 6) is 2.54. The molecular weight excluding hydrogens is 272 g/mol. The third-order valence-corrected chi connectivity index (χ3v) is 4.70. The lowest BCUT2D eigenvalue weighted by Crippen LogP contribution is -2.28. The van der Waals surface area contributed by atoms with E-state index in [1.54, 1.807) is 0 Å². The molecule has 1 saturated heterocycles. The van der Waals surface area contributed by atoms with Gasteiger partial charge in [0.05, 0.1) is 0 Å². The highest BCUT2D eigenvalue weighted by atomic mass is 15.3. The maximum absolute atomic E-state index is 4.31. The minimum absolute atomic E-state index is 0.513. The number of anilines is 1. The van der Waals surface area contributed by atoms with Gasteiger partial charge >= 0.3 is 0 Å². The van der Waals surface area contributed by atoms with Crippen molar-refractivity contribution in [3.8, 4) is 0 Å². The summed E-state index contributed by atoms with van der Waals surface area (Å²) in [6.07, 6.45) is 6.83. The molecule has 1 fully saturated rings. The number of rotatable bonds is 2. The Labute approximate surface area is 130 Å². The average Bonchev–Trinajstić information content (AvgIpc) is 3.14. The first-order valence-electron chi connectivity index (χ1n) is 7.83. The second-order valence-electron chi connectivity index (χ2n) is 6.24. The Bertz CT molecular complexity index is 790. The van der Waals surface area contributed by atoms with Gasteiger partial charge in [0.15, 0.2) is 0 Å². The fraction of sp³-hybridized carbons (Fsp3) is 0.333. The van der Waals surface area contributed by atoms with E-state index in [0.29, 0.717) is 12.0 Å². The summed E-state index contributed by atoms with van der Waals surface area (Å²) in [4.78, 5) is 11.1. The number of imidazole rings is 1. The van der Waals surface area contributed by atoms with Gasteiger partial charge in [-0.05, 0) is 31.9 Å². The van der Waals surface area contributed by atoms with Gasteiger partial charge in [0.25, 0.3) is 0 Å². The summed E-state index contributed by atoms with van der Waals surface area (Å²) < 4.78 is 2.08. The summed E-state index contributed by atoms with van der Waals surface area (Å²) >= 11 is 0. The maximum Gasteiger partial charge on any atom is 0.235 e. The first-order chi connectivity index (χ1) is 10.7. The van der Waals surface area contributed by atoms with Crippen molar-refractivity contribution in [3.63, 3.8) is 0 Å². The second kappa shape index (κ2) is 5.13. The number of hydrogen-bond acceptors (Lipinski definition) is 3. The fourth-order valence-electron chi connectivity index (χ4n) is 3.49. The molecule has 0 saturated carbocycles. The lowest BCUT2D eigenvalue weighted by atomic mass is 9.96. The largest absolute Gasteiger partial charge is 0.354 e. The van der Waals surface area contributed by atoms with Gasteiger partial charge in [-0.2, -0.15) is 0 Å². The van der Waals surface area contributed by atoms with Crippen LogP contribution < -0.4 is 4.90 Å². The summed E-state index contributed by atoms with van der Waals surface area (Å²) in [5, 5.41) is 0. The zero-order valence-corrected chi connectivity index (χ0v) is 13.0. The first-order valence-corrected chi connectivity index (χ1v) is 7.83. The molecule has 1 aromatic carbocycles. The van der Waals surface area contributed by atoms with E-state index < -0.39 is 0 Å². The van der Waals surface area contributed by atoms with E-state index >= 15 is 0 Å². The predicted molar refractivity (Wildman–Crippen MR) is 88.3 cm³/mol. The van der Waals surface area contributed by atoms with E-state index in [1.807, 2.05) is 18.6 Å². The number of aryl methyl sites for hydroxylation is 1. The van der Waals surface area contributed by atoms with Crippen molar-refractivity contribution in [2.45, 2.75) is 32.2 Å². The van der Waals surface area contributed by atoms with Crippen molar-refractivity contribution >= 4 is 11.6 Å². The van der Waals surface area contributed by atoms with E-state index in [1.165, 1.54) is 23.4 Å². The van der Waals surface area contributed by atoms with Crippen LogP contribution in [0, 0.1) is 6.92 Å². The Hall–Kier alpha value is -2.36. The quantitative estimate of drug-likeness (QED) is 0.725. The van der Waals surface area contributed by atoms with E-state index in [4.69, 9.17) is 0 Å². The van der Waals surface area contributed by atoms with Crippen molar-refractivity contribution in [1.82, 2.24) is 14.4 Å². The molecule has 4 nitrogen and oxygen atoms in total. The number of hydrogen-bond donors (Lipinski definition) is 0. The van der Waals surface area contributed by atoms with Gasteiger partial charge in [-0.25, -0.2) is 9.97 Å². The number of aromatic nitrogens is 3.